The molecule has 16 heteroatoms. The lowest BCUT2D eigenvalue weighted by atomic mass is 9.77. The summed E-state index contributed by atoms with van der Waals surface area (Å²) >= 11 is 8.44. The van der Waals surface area contributed by atoms with Gasteiger partial charge in [-0.25, -0.2) is 18.7 Å². The quantitative estimate of drug-likeness (QED) is 0.124. The molecule has 2 aromatic heterocycles. The minimum absolute atomic E-state index is 0.000608. The number of anilines is 1. The molecular formula is C47H59ClF2N4O8S. The number of thiazole rings is 1. The monoisotopic (exact) mass is 912 g/mol. The maximum Gasteiger partial charge on any atom is 0.310 e. The number of benzene rings is 1. The average molecular weight is 914 g/mol. The van der Waals surface area contributed by atoms with Crippen LogP contribution in [0.2, 0.25) is 5.02 Å². The van der Waals surface area contributed by atoms with E-state index in [9.17, 15) is 33.1 Å². The number of amides is 1. The van der Waals surface area contributed by atoms with Gasteiger partial charge in [-0.1, -0.05) is 45.7 Å². The molecular weight excluding hydrogens is 854 g/mol. The molecule has 5 fully saturated rings. The van der Waals surface area contributed by atoms with Gasteiger partial charge in [-0.05, 0) is 87.2 Å². The van der Waals surface area contributed by atoms with E-state index >= 15 is 0 Å². The summed E-state index contributed by atoms with van der Waals surface area (Å²) in [6.45, 7) is 11.7. The van der Waals surface area contributed by atoms with Crippen molar-refractivity contribution in [3.05, 3.63) is 28.6 Å². The fraction of sp³-hybridized carbons (Fsp3) is 0.660. The number of ketones is 1. The summed E-state index contributed by atoms with van der Waals surface area (Å²) in [4.78, 5) is 66.5. The number of likely N-dealkylation sites (tertiary alicyclic amines) is 1. The third-order valence-electron chi connectivity index (χ3n) is 14.1. The van der Waals surface area contributed by atoms with E-state index in [2.05, 4.69) is 5.32 Å². The number of rotatable bonds is 17. The number of esters is 1. The molecule has 0 bridgehead atoms. The van der Waals surface area contributed by atoms with Gasteiger partial charge in [0.2, 0.25) is 11.8 Å². The van der Waals surface area contributed by atoms with Crippen LogP contribution in [0.15, 0.2) is 23.6 Å². The second-order valence-corrected chi connectivity index (χ2v) is 21.5. The third-order valence-corrected chi connectivity index (χ3v) is 15.2. The first kappa shape index (κ1) is 45.5. The standard InChI is InChI=1S/C47H59ClF2N4O8S/c1-7-28-19-46(28,43(58)59)20-36(55)35-15-30(21-54(35)42(57)32(45(4,5)6)16-39(56)62-29-13-26-12-27(26)14-29)61-38-17-33(34-23-63-44(53-34)51-24(2)3)52-41-31(38)8-9-37(40(41)48)60-22-25-10-11-47(49,50)18-25/h8-9,17,23-30,32,35H,7,10-16,18-22H2,1-6H3,(H,51,53)(H,58,59)/t25-,26-,27+,28+,29?,30+,32+,35-,46+/m0/s1. The van der Waals surface area contributed by atoms with E-state index in [0.717, 1.165) is 12.8 Å². The number of fused-ring (bicyclic) bond motifs is 2. The number of aliphatic carboxylic acids is 1. The first-order valence-electron chi connectivity index (χ1n) is 22.5. The maximum absolute atomic E-state index is 14.9. The Balaban J connectivity index is 1.10. The molecule has 4 aliphatic carbocycles. The zero-order chi connectivity index (χ0) is 45.2. The molecule has 8 rings (SSSR count). The number of carboxylic acid groups (broad SMARTS) is 1. The number of halogens is 3. The van der Waals surface area contributed by atoms with E-state index in [1.807, 2.05) is 46.9 Å². The van der Waals surface area contributed by atoms with Gasteiger partial charge in [0.15, 0.2) is 10.9 Å². The predicted octanol–water partition coefficient (Wildman–Crippen LogP) is 9.85. The Morgan fingerprint density at radius 3 is 2.41 bits per heavy atom. The van der Waals surface area contributed by atoms with Crippen LogP contribution in [-0.2, 0) is 23.9 Å². The number of Topliss-reactive ketones (excluding diaryl/α,β-unsaturated/α-hetero) is 1. The Bertz CT molecular complexity index is 2260. The van der Waals surface area contributed by atoms with E-state index in [0.29, 0.717) is 64.3 Å². The number of ether oxygens (including phenoxy) is 3. The smallest absolute Gasteiger partial charge is 0.310 e. The molecule has 3 aromatic rings. The van der Waals surface area contributed by atoms with E-state index in [1.54, 1.807) is 18.2 Å². The van der Waals surface area contributed by atoms with Crippen molar-refractivity contribution in [2.45, 2.75) is 142 Å². The summed E-state index contributed by atoms with van der Waals surface area (Å²) in [6, 6.07) is 4.27. The molecule has 1 aliphatic heterocycles. The van der Waals surface area contributed by atoms with Gasteiger partial charge in [0.1, 0.15) is 34.4 Å². The number of nitrogens with one attached hydrogen (secondary N) is 1. The summed E-state index contributed by atoms with van der Waals surface area (Å²) in [5.74, 6) is -4.33. The van der Waals surface area contributed by atoms with E-state index in [4.69, 9.17) is 35.8 Å². The Morgan fingerprint density at radius 1 is 1.03 bits per heavy atom. The summed E-state index contributed by atoms with van der Waals surface area (Å²) in [6.07, 6.45) is 2.64. The largest absolute Gasteiger partial charge is 0.492 e. The van der Waals surface area contributed by atoms with Gasteiger partial charge in [-0.2, -0.15) is 0 Å². The second-order valence-electron chi connectivity index (χ2n) is 20.2. The van der Waals surface area contributed by atoms with Crippen molar-refractivity contribution in [1.82, 2.24) is 14.9 Å². The lowest BCUT2D eigenvalue weighted by Gasteiger charge is -2.35. The highest BCUT2D eigenvalue weighted by Gasteiger charge is 2.61. The zero-order valence-electron chi connectivity index (χ0n) is 36.9. The Labute approximate surface area is 376 Å². The van der Waals surface area contributed by atoms with Crippen LogP contribution in [0.1, 0.15) is 112 Å². The van der Waals surface area contributed by atoms with Gasteiger partial charge in [0, 0.05) is 48.6 Å². The lowest BCUT2D eigenvalue weighted by Crippen LogP contribution is -2.48. The molecule has 1 aromatic carbocycles. The number of aromatic nitrogens is 2. The summed E-state index contributed by atoms with van der Waals surface area (Å²) in [5, 5.41) is 16.8. The van der Waals surface area contributed by atoms with Crippen molar-refractivity contribution in [3.63, 3.8) is 0 Å². The Hall–Kier alpha value is -4.11. The van der Waals surface area contributed by atoms with Crippen LogP contribution in [0.4, 0.5) is 13.9 Å². The van der Waals surface area contributed by atoms with E-state index in [-0.39, 0.29) is 91.7 Å². The van der Waals surface area contributed by atoms with Crippen LogP contribution in [0.3, 0.4) is 0 Å². The van der Waals surface area contributed by atoms with Crippen LogP contribution in [0, 0.1) is 40.4 Å². The average Bonchev–Trinajstić information content (AvgIpc) is 3.74. The van der Waals surface area contributed by atoms with Crippen molar-refractivity contribution in [3.8, 4) is 22.9 Å². The van der Waals surface area contributed by atoms with Gasteiger partial charge in [-0.3, -0.25) is 19.2 Å². The molecule has 5 aliphatic rings. The molecule has 0 radical (unpaired) electrons. The number of alkyl halides is 2. The summed E-state index contributed by atoms with van der Waals surface area (Å²) in [5.41, 5.74) is -0.555. The van der Waals surface area contributed by atoms with Crippen LogP contribution >= 0.6 is 22.9 Å². The zero-order valence-corrected chi connectivity index (χ0v) is 38.5. The van der Waals surface area contributed by atoms with Gasteiger partial charge in [0.25, 0.3) is 0 Å². The number of hydrogen-bond acceptors (Lipinski definition) is 11. The predicted molar refractivity (Wildman–Crippen MR) is 235 cm³/mol. The lowest BCUT2D eigenvalue weighted by molar-refractivity contribution is -0.157. The van der Waals surface area contributed by atoms with Crippen molar-refractivity contribution < 1.29 is 47.3 Å². The van der Waals surface area contributed by atoms with E-state index < -0.39 is 46.8 Å². The fourth-order valence-corrected chi connectivity index (χ4v) is 11.4. The first-order valence-corrected chi connectivity index (χ1v) is 23.8. The molecule has 0 spiro atoms. The maximum atomic E-state index is 14.9. The highest BCUT2D eigenvalue weighted by molar-refractivity contribution is 7.14. The van der Waals surface area contributed by atoms with Crippen LogP contribution in [0.5, 0.6) is 11.5 Å². The second kappa shape index (κ2) is 17.4. The minimum Gasteiger partial charge on any atom is -0.492 e. The number of nitrogens with zero attached hydrogens (tertiary/aromatic N) is 3. The highest BCUT2D eigenvalue weighted by Crippen LogP contribution is 2.58. The molecule has 4 saturated carbocycles. The number of carbonyl (C=O) groups is 4. The molecule has 2 N–H and O–H groups in total. The molecule has 342 valence electrons. The van der Waals surface area contributed by atoms with Gasteiger partial charge in [-0.15, -0.1) is 11.3 Å². The van der Waals surface area contributed by atoms with E-state index in [1.165, 1.54) is 22.7 Å². The normalized spacial score (nSPS) is 28.8. The molecule has 1 unspecified atom stereocenters. The SMILES string of the molecule is CC[C@@H]1C[C@]1(CC(=O)[C@@H]1C[C@@H](Oc2cc(-c3csc(NC(C)C)n3)nc3c(Cl)c(OC[C@H]4CCC(F)(F)C4)ccc23)CN1C(=O)[C@@H](CC(=O)OC1C[C@@H]2C[C@@H]2C1)C(C)(C)C)C(=O)O. The molecule has 12 nitrogen and oxygen atoms in total. The first-order chi connectivity index (χ1) is 29.7. The highest BCUT2D eigenvalue weighted by atomic mass is 35.5. The molecule has 1 saturated heterocycles. The number of pyridine rings is 1. The van der Waals surface area contributed by atoms with Crippen LogP contribution in [-0.4, -0.2) is 87.0 Å². The minimum atomic E-state index is -2.72. The summed E-state index contributed by atoms with van der Waals surface area (Å²) in [7, 11) is 0. The Morgan fingerprint density at radius 2 is 1.78 bits per heavy atom. The Kier molecular flexibility index (Phi) is 12.5. The molecule has 63 heavy (non-hydrogen) atoms. The molecule has 1 amide bonds. The van der Waals surface area contributed by atoms with Gasteiger partial charge >= 0.3 is 11.9 Å². The number of carbonyl (C=O) groups excluding carboxylic acids is 3. The molecule has 9 atom stereocenters. The number of carboxylic acids is 1. The van der Waals surface area contributed by atoms with Crippen molar-refractivity contribution >= 4 is 62.6 Å². The fourth-order valence-electron chi connectivity index (χ4n) is 10.3. The number of hydrogen-bond donors (Lipinski definition) is 2. The van der Waals surface area contributed by atoms with Gasteiger partial charge in [0.05, 0.1) is 48.2 Å². The van der Waals surface area contributed by atoms with Crippen LogP contribution in [0.25, 0.3) is 22.3 Å². The molecule has 3 heterocycles. The van der Waals surface area contributed by atoms with Crippen molar-refractivity contribution in [2.24, 2.45) is 40.4 Å². The van der Waals surface area contributed by atoms with Crippen LogP contribution < -0.4 is 14.8 Å². The topological polar surface area (TPSA) is 157 Å². The third kappa shape index (κ3) is 9.79. The van der Waals surface area contributed by atoms with Crippen molar-refractivity contribution in [2.75, 3.05) is 18.5 Å². The van der Waals surface area contributed by atoms with Crippen molar-refractivity contribution in [1.29, 1.82) is 0 Å². The van der Waals surface area contributed by atoms with Gasteiger partial charge < -0.3 is 29.5 Å². The summed E-state index contributed by atoms with van der Waals surface area (Å²) < 4.78 is 46.7.